The van der Waals surface area contributed by atoms with Crippen molar-refractivity contribution in [1.82, 2.24) is 20.0 Å². The van der Waals surface area contributed by atoms with Gasteiger partial charge in [0.05, 0.1) is 30.4 Å². The molecule has 0 spiro atoms. The number of carbonyl (C=O) groups excluding carboxylic acids is 2. The molecule has 1 aliphatic rings. The minimum atomic E-state index is -0.104. The van der Waals surface area contributed by atoms with E-state index < -0.39 is 0 Å². The number of likely N-dealkylation sites (N-methyl/N-ethyl adjacent to an activating group) is 1. The lowest BCUT2D eigenvalue weighted by atomic mass is 10.1. The molecule has 3 rings (SSSR count). The summed E-state index contributed by atoms with van der Waals surface area (Å²) in [6, 6.07) is 7.23. The highest BCUT2D eigenvalue weighted by Gasteiger charge is 2.29. The maximum atomic E-state index is 12.7. The number of nitrogens with one attached hydrogen (secondary N) is 1. The Morgan fingerprint density at radius 2 is 2.04 bits per heavy atom. The van der Waals surface area contributed by atoms with E-state index in [1.54, 1.807) is 32.1 Å². The minimum Gasteiger partial charge on any atom is -0.489 e. The van der Waals surface area contributed by atoms with Gasteiger partial charge in [0.2, 0.25) is 5.91 Å². The number of nitrogens with zero attached hydrogens (tertiary/aromatic N) is 4. The molecule has 2 amide bonds. The van der Waals surface area contributed by atoms with Gasteiger partial charge in [0.1, 0.15) is 12.4 Å². The van der Waals surface area contributed by atoms with Crippen molar-refractivity contribution in [2.24, 2.45) is 0 Å². The van der Waals surface area contributed by atoms with E-state index in [4.69, 9.17) is 4.74 Å². The molecule has 0 saturated carbocycles. The number of benzene rings is 1. The van der Waals surface area contributed by atoms with Crippen LogP contribution in [0.4, 0.5) is 5.69 Å². The Hall–Kier alpha value is -3.03. The predicted octanol–water partition coefficient (Wildman–Crippen LogP) is 1.67. The Balaban J connectivity index is 1.69. The van der Waals surface area contributed by atoms with Crippen molar-refractivity contribution in [3.05, 3.63) is 41.2 Å². The van der Waals surface area contributed by atoms with Crippen LogP contribution in [0.5, 0.6) is 5.75 Å². The Morgan fingerprint density at radius 3 is 2.68 bits per heavy atom. The Kier molecular flexibility index (Phi) is 5.58. The van der Waals surface area contributed by atoms with E-state index in [0.29, 0.717) is 25.1 Å². The molecule has 0 saturated heterocycles. The molecule has 0 radical (unpaired) electrons. The van der Waals surface area contributed by atoms with Crippen molar-refractivity contribution in [2.75, 3.05) is 39.7 Å². The third-order valence-electron chi connectivity index (χ3n) is 4.97. The number of hydrogen-bond acceptors (Lipinski definition) is 5. The summed E-state index contributed by atoms with van der Waals surface area (Å²) in [7, 11) is 7.15. The first-order valence-corrected chi connectivity index (χ1v) is 9.22. The molecule has 1 atom stereocenters. The van der Waals surface area contributed by atoms with Gasteiger partial charge in [-0.25, -0.2) is 0 Å². The maximum absolute atomic E-state index is 12.7. The molecule has 1 N–H and O–H groups in total. The second-order valence-electron chi connectivity index (χ2n) is 7.45. The van der Waals surface area contributed by atoms with Crippen LogP contribution in [-0.4, -0.2) is 72.7 Å². The van der Waals surface area contributed by atoms with Crippen LogP contribution < -0.4 is 9.64 Å². The van der Waals surface area contributed by atoms with E-state index in [-0.39, 0.29) is 17.9 Å². The summed E-state index contributed by atoms with van der Waals surface area (Å²) in [6.45, 7) is 2.81. The topological polar surface area (TPSA) is 81.8 Å². The predicted molar refractivity (Wildman–Crippen MR) is 107 cm³/mol. The van der Waals surface area contributed by atoms with E-state index in [0.717, 1.165) is 22.8 Å². The van der Waals surface area contributed by atoms with E-state index in [9.17, 15) is 9.59 Å². The monoisotopic (exact) mass is 385 g/mol. The molecule has 0 aliphatic carbocycles. The summed E-state index contributed by atoms with van der Waals surface area (Å²) < 4.78 is 5.85. The van der Waals surface area contributed by atoms with Crippen molar-refractivity contribution < 1.29 is 14.3 Å². The second kappa shape index (κ2) is 7.92. The number of carbonyl (C=O) groups is 2. The number of aromatic nitrogens is 2. The molecule has 0 bridgehead atoms. The SMILES string of the molecule is Cc1cc(CN(C)C(=O)C[C@@H]2COc3ccc(C(=O)N(C)C)cc3N2C)n[nH]1. The maximum Gasteiger partial charge on any atom is 0.253 e. The van der Waals surface area contributed by atoms with Crippen LogP contribution in [0.1, 0.15) is 28.2 Å². The number of H-pyrrole nitrogens is 1. The molecule has 2 heterocycles. The summed E-state index contributed by atoms with van der Waals surface area (Å²) in [5, 5.41) is 7.07. The first-order chi connectivity index (χ1) is 13.3. The van der Waals surface area contributed by atoms with Crippen LogP contribution in [0.25, 0.3) is 0 Å². The molecule has 28 heavy (non-hydrogen) atoms. The van der Waals surface area contributed by atoms with Crippen LogP contribution in [0.15, 0.2) is 24.3 Å². The lowest BCUT2D eigenvalue weighted by Crippen LogP contribution is -2.44. The van der Waals surface area contributed by atoms with Crippen LogP contribution in [0.3, 0.4) is 0 Å². The number of aryl methyl sites for hydroxylation is 1. The van der Waals surface area contributed by atoms with Crippen LogP contribution in [0, 0.1) is 6.92 Å². The highest BCUT2D eigenvalue weighted by atomic mass is 16.5. The zero-order chi connectivity index (χ0) is 20.4. The van der Waals surface area contributed by atoms with E-state index in [2.05, 4.69) is 10.2 Å². The van der Waals surface area contributed by atoms with Gasteiger partial charge in [-0.1, -0.05) is 0 Å². The molecule has 150 valence electrons. The quantitative estimate of drug-likeness (QED) is 0.847. The second-order valence-corrected chi connectivity index (χ2v) is 7.45. The van der Waals surface area contributed by atoms with Crippen molar-refractivity contribution >= 4 is 17.5 Å². The Labute approximate surface area is 165 Å². The lowest BCUT2D eigenvalue weighted by Gasteiger charge is -2.36. The molecule has 1 aliphatic heterocycles. The smallest absolute Gasteiger partial charge is 0.253 e. The van der Waals surface area contributed by atoms with Crippen molar-refractivity contribution in [3.63, 3.8) is 0 Å². The largest absolute Gasteiger partial charge is 0.489 e. The van der Waals surface area contributed by atoms with Gasteiger partial charge in [0.25, 0.3) is 5.91 Å². The number of fused-ring (bicyclic) bond motifs is 1. The van der Waals surface area contributed by atoms with Crippen LogP contribution in [-0.2, 0) is 11.3 Å². The van der Waals surface area contributed by atoms with Gasteiger partial charge in [0.15, 0.2) is 0 Å². The van der Waals surface area contributed by atoms with Crippen molar-refractivity contribution in [3.8, 4) is 5.75 Å². The van der Waals surface area contributed by atoms with Gasteiger partial charge in [-0.3, -0.25) is 14.7 Å². The van der Waals surface area contributed by atoms with Gasteiger partial charge >= 0.3 is 0 Å². The fourth-order valence-electron chi connectivity index (χ4n) is 3.24. The summed E-state index contributed by atoms with van der Waals surface area (Å²) in [4.78, 5) is 30.2. The number of amides is 2. The highest BCUT2D eigenvalue weighted by molar-refractivity contribution is 5.95. The number of ether oxygens (including phenoxy) is 1. The number of rotatable bonds is 5. The molecule has 0 fully saturated rings. The van der Waals surface area contributed by atoms with Crippen molar-refractivity contribution in [1.29, 1.82) is 0 Å². The third kappa shape index (κ3) is 4.11. The molecular weight excluding hydrogens is 358 g/mol. The van der Waals surface area contributed by atoms with Crippen LogP contribution in [0.2, 0.25) is 0 Å². The van der Waals surface area contributed by atoms with Crippen molar-refractivity contribution in [2.45, 2.75) is 25.9 Å². The zero-order valence-electron chi connectivity index (χ0n) is 17.0. The zero-order valence-corrected chi connectivity index (χ0v) is 17.0. The Bertz CT molecular complexity index is 876. The average molecular weight is 385 g/mol. The van der Waals surface area contributed by atoms with Gasteiger partial charge in [0, 0.05) is 39.4 Å². The third-order valence-corrected chi connectivity index (χ3v) is 4.97. The first-order valence-electron chi connectivity index (χ1n) is 9.22. The molecule has 8 nitrogen and oxygen atoms in total. The number of anilines is 1. The lowest BCUT2D eigenvalue weighted by molar-refractivity contribution is -0.131. The number of aromatic amines is 1. The molecule has 0 unspecified atom stereocenters. The standard InChI is InChI=1S/C20H27N5O3/c1-13-8-15(22-21-13)11-24(4)19(26)10-16-12-28-18-7-6-14(20(27)23(2)3)9-17(18)25(16)5/h6-9,16H,10-12H2,1-5H3,(H,21,22)/t16-/m1/s1. The fraction of sp³-hybridized carbons (Fsp3) is 0.450. The summed E-state index contributed by atoms with van der Waals surface area (Å²) >= 11 is 0. The summed E-state index contributed by atoms with van der Waals surface area (Å²) in [5.41, 5.74) is 3.22. The fourth-order valence-corrected chi connectivity index (χ4v) is 3.24. The molecule has 2 aromatic rings. The molecule has 1 aromatic carbocycles. The van der Waals surface area contributed by atoms with Gasteiger partial charge < -0.3 is 19.4 Å². The summed E-state index contributed by atoms with van der Waals surface area (Å²) in [5.74, 6) is 0.676. The van der Waals surface area contributed by atoms with E-state index in [1.165, 1.54) is 4.90 Å². The van der Waals surface area contributed by atoms with Gasteiger partial charge in [-0.05, 0) is 31.2 Å². The minimum absolute atomic E-state index is 0.0186. The van der Waals surface area contributed by atoms with E-state index >= 15 is 0 Å². The highest BCUT2D eigenvalue weighted by Crippen LogP contribution is 2.34. The number of hydrogen-bond donors (Lipinski definition) is 1. The summed E-state index contributed by atoms with van der Waals surface area (Å²) in [6.07, 6.45) is 0.321. The van der Waals surface area contributed by atoms with E-state index in [1.807, 2.05) is 37.1 Å². The molecular formula is C20H27N5O3. The average Bonchev–Trinajstić information content (AvgIpc) is 3.07. The van der Waals surface area contributed by atoms with Gasteiger partial charge in [-0.15, -0.1) is 0 Å². The van der Waals surface area contributed by atoms with Gasteiger partial charge in [-0.2, -0.15) is 5.10 Å². The normalized spacial score (nSPS) is 15.6. The molecule has 1 aromatic heterocycles. The molecule has 8 heteroatoms. The first kappa shape index (κ1) is 19.7. The van der Waals surface area contributed by atoms with Crippen LogP contribution >= 0.6 is 0 Å². The Morgan fingerprint density at radius 1 is 1.29 bits per heavy atom.